The molecule has 0 aliphatic heterocycles. The quantitative estimate of drug-likeness (QED) is 0.219. The molecule has 156 valence electrons. The van der Waals surface area contributed by atoms with Crippen LogP contribution in [0.4, 0.5) is 5.69 Å². The summed E-state index contributed by atoms with van der Waals surface area (Å²) in [5.74, 6) is -1.77. The summed E-state index contributed by atoms with van der Waals surface area (Å²) in [7, 11) is 0. The lowest BCUT2D eigenvalue weighted by Gasteiger charge is -2.06. The minimum absolute atomic E-state index is 0.380. The van der Waals surface area contributed by atoms with Gasteiger partial charge in [-0.05, 0) is 67.4 Å². The molecule has 7 heteroatoms. The molecule has 0 atom stereocenters. The molecule has 0 unspecified atom stereocenters. The molecule has 0 bridgehead atoms. The molecule has 3 aromatic carbocycles. The van der Waals surface area contributed by atoms with Crippen molar-refractivity contribution in [2.45, 2.75) is 13.8 Å². The summed E-state index contributed by atoms with van der Waals surface area (Å²) >= 11 is 0. The van der Waals surface area contributed by atoms with E-state index in [1.807, 2.05) is 32.0 Å². The number of amides is 2. The van der Waals surface area contributed by atoms with Crippen molar-refractivity contribution >= 4 is 29.7 Å². The zero-order valence-corrected chi connectivity index (χ0v) is 17.1. The summed E-state index contributed by atoms with van der Waals surface area (Å²) in [6.07, 6.45) is 1.38. The molecular weight excluding hydrogens is 394 g/mol. The highest BCUT2D eigenvalue weighted by molar-refractivity contribution is 6.39. The number of hydrazone groups is 1. The van der Waals surface area contributed by atoms with Crippen LogP contribution in [0.25, 0.3) is 0 Å². The highest BCUT2D eigenvalue weighted by Crippen LogP contribution is 2.15. The smallest absolute Gasteiger partial charge is 0.343 e. The topological polar surface area (TPSA) is 96.9 Å². The number of esters is 1. The third-order valence-electron chi connectivity index (χ3n) is 4.32. The Morgan fingerprint density at radius 3 is 2.32 bits per heavy atom. The number of hydrogen-bond acceptors (Lipinski definition) is 5. The maximum Gasteiger partial charge on any atom is 0.343 e. The van der Waals surface area contributed by atoms with Crippen LogP contribution >= 0.6 is 0 Å². The van der Waals surface area contributed by atoms with Gasteiger partial charge in [-0.1, -0.05) is 35.9 Å². The number of carbonyl (C=O) groups excluding carboxylic acids is 3. The van der Waals surface area contributed by atoms with E-state index < -0.39 is 17.8 Å². The van der Waals surface area contributed by atoms with Gasteiger partial charge in [-0.2, -0.15) is 5.10 Å². The fraction of sp³-hybridized carbons (Fsp3) is 0.0833. The lowest BCUT2D eigenvalue weighted by atomic mass is 10.1. The SMILES string of the molecule is Cc1cccc(C(=O)Oc2ccc(/C=N\NC(=O)C(=O)Nc3ccccc3C)cc2)c1. The van der Waals surface area contributed by atoms with Gasteiger partial charge in [-0.15, -0.1) is 0 Å². The van der Waals surface area contributed by atoms with E-state index in [1.165, 1.54) is 6.21 Å². The highest BCUT2D eigenvalue weighted by Gasteiger charge is 2.13. The number of benzene rings is 3. The van der Waals surface area contributed by atoms with Crippen LogP contribution in [-0.2, 0) is 9.59 Å². The number of para-hydroxylation sites is 1. The van der Waals surface area contributed by atoms with Gasteiger partial charge in [-0.3, -0.25) is 9.59 Å². The fourth-order valence-electron chi connectivity index (χ4n) is 2.67. The minimum Gasteiger partial charge on any atom is -0.423 e. The van der Waals surface area contributed by atoms with Crippen molar-refractivity contribution in [3.05, 3.63) is 95.1 Å². The van der Waals surface area contributed by atoms with Crippen molar-refractivity contribution in [2.75, 3.05) is 5.32 Å². The molecule has 0 saturated heterocycles. The third-order valence-corrected chi connectivity index (χ3v) is 4.32. The molecule has 3 aromatic rings. The Kier molecular flexibility index (Phi) is 6.90. The molecule has 0 aromatic heterocycles. The molecule has 0 aliphatic carbocycles. The number of nitrogens with one attached hydrogen (secondary N) is 2. The first-order valence-corrected chi connectivity index (χ1v) is 9.51. The van der Waals surface area contributed by atoms with Gasteiger partial charge in [0.25, 0.3) is 0 Å². The van der Waals surface area contributed by atoms with Gasteiger partial charge < -0.3 is 10.1 Å². The number of nitrogens with zero attached hydrogens (tertiary/aromatic N) is 1. The summed E-state index contributed by atoms with van der Waals surface area (Å²) in [6.45, 7) is 3.73. The van der Waals surface area contributed by atoms with Gasteiger partial charge in [0.05, 0.1) is 11.8 Å². The van der Waals surface area contributed by atoms with E-state index in [1.54, 1.807) is 54.6 Å². The second kappa shape index (κ2) is 9.98. The molecule has 0 fully saturated rings. The summed E-state index contributed by atoms with van der Waals surface area (Å²) < 4.78 is 5.34. The molecule has 0 heterocycles. The van der Waals surface area contributed by atoms with Crippen LogP contribution < -0.4 is 15.5 Å². The highest BCUT2D eigenvalue weighted by atomic mass is 16.5. The van der Waals surface area contributed by atoms with E-state index in [-0.39, 0.29) is 0 Å². The van der Waals surface area contributed by atoms with Gasteiger partial charge in [0.2, 0.25) is 0 Å². The van der Waals surface area contributed by atoms with Gasteiger partial charge in [0, 0.05) is 5.69 Å². The van der Waals surface area contributed by atoms with Gasteiger partial charge >= 0.3 is 17.8 Å². The fourth-order valence-corrected chi connectivity index (χ4v) is 2.67. The average molecular weight is 415 g/mol. The van der Waals surface area contributed by atoms with Gasteiger partial charge in [0.1, 0.15) is 5.75 Å². The molecule has 0 aliphatic rings. The minimum atomic E-state index is -0.886. The molecule has 0 saturated carbocycles. The van der Waals surface area contributed by atoms with Crippen molar-refractivity contribution in [2.24, 2.45) is 5.10 Å². The van der Waals surface area contributed by atoms with Crippen LogP contribution in [0.1, 0.15) is 27.0 Å². The zero-order chi connectivity index (χ0) is 22.2. The number of aryl methyl sites for hydroxylation is 2. The van der Waals surface area contributed by atoms with Crippen molar-refractivity contribution < 1.29 is 19.1 Å². The Morgan fingerprint density at radius 1 is 0.871 bits per heavy atom. The maximum atomic E-state index is 12.2. The summed E-state index contributed by atoms with van der Waals surface area (Å²) in [5, 5.41) is 6.31. The maximum absolute atomic E-state index is 12.2. The molecule has 3 rings (SSSR count). The Morgan fingerprint density at radius 2 is 1.61 bits per heavy atom. The Labute approximate surface area is 179 Å². The predicted octanol–water partition coefficient (Wildman–Crippen LogP) is 3.61. The van der Waals surface area contributed by atoms with Crippen LogP contribution in [0.15, 0.2) is 77.9 Å². The normalized spacial score (nSPS) is 10.5. The van der Waals surface area contributed by atoms with E-state index in [9.17, 15) is 14.4 Å². The summed E-state index contributed by atoms with van der Waals surface area (Å²) in [5.41, 5.74) is 5.66. The summed E-state index contributed by atoms with van der Waals surface area (Å²) in [6, 6.07) is 20.8. The second-order valence-corrected chi connectivity index (χ2v) is 6.80. The standard InChI is InChI=1S/C24H21N3O4/c1-16-6-5-8-19(14-16)24(30)31-20-12-10-18(11-13-20)15-25-27-23(29)22(28)26-21-9-4-3-7-17(21)2/h3-15H,1-2H3,(H,26,28)(H,27,29)/b25-15-. The van der Waals surface area contributed by atoms with E-state index in [0.29, 0.717) is 22.6 Å². The van der Waals surface area contributed by atoms with Crippen molar-refractivity contribution in [1.29, 1.82) is 0 Å². The van der Waals surface area contributed by atoms with E-state index in [4.69, 9.17) is 4.74 Å². The second-order valence-electron chi connectivity index (χ2n) is 6.80. The van der Waals surface area contributed by atoms with Crippen LogP contribution in [0.2, 0.25) is 0 Å². The first-order chi connectivity index (χ1) is 14.9. The zero-order valence-electron chi connectivity index (χ0n) is 17.1. The molecule has 0 radical (unpaired) electrons. The van der Waals surface area contributed by atoms with Crippen LogP contribution in [0.3, 0.4) is 0 Å². The average Bonchev–Trinajstić information content (AvgIpc) is 2.76. The van der Waals surface area contributed by atoms with Crippen molar-refractivity contribution in [1.82, 2.24) is 5.43 Å². The van der Waals surface area contributed by atoms with Crippen molar-refractivity contribution in [3.8, 4) is 5.75 Å². The predicted molar refractivity (Wildman–Crippen MR) is 118 cm³/mol. The molecule has 2 amide bonds. The number of anilines is 1. The largest absolute Gasteiger partial charge is 0.423 e. The van der Waals surface area contributed by atoms with Gasteiger partial charge in [-0.25, -0.2) is 10.2 Å². The van der Waals surface area contributed by atoms with E-state index >= 15 is 0 Å². The number of rotatable bonds is 5. The lowest BCUT2D eigenvalue weighted by molar-refractivity contribution is -0.136. The number of ether oxygens (including phenoxy) is 1. The van der Waals surface area contributed by atoms with Crippen molar-refractivity contribution in [3.63, 3.8) is 0 Å². The molecular formula is C24H21N3O4. The first-order valence-electron chi connectivity index (χ1n) is 9.51. The molecule has 0 spiro atoms. The van der Waals surface area contributed by atoms with E-state index in [0.717, 1.165) is 11.1 Å². The monoisotopic (exact) mass is 415 g/mol. The molecule has 31 heavy (non-hydrogen) atoms. The lowest BCUT2D eigenvalue weighted by Crippen LogP contribution is -2.32. The van der Waals surface area contributed by atoms with Gasteiger partial charge in [0.15, 0.2) is 0 Å². The van der Waals surface area contributed by atoms with Crippen LogP contribution in [-0.4, -0.2) is 24.0 Å². The molecule has 2 N–H and O–H groups in total. The summed E-state index contributed by atoms with van der Waals surface area (Å²) in [4.78, 5) is 36.0. The number of carbonyl (C=O) groups is 3. The first kappa shape index (κ1) is 21.4. The van der Waals surface area contributed by atoms with Crippen LogP contribution in [0.5, 0.6) is 5.75 Å². The van der Waals surface area contributed by atoms with Crippen LogP contribution in [0, 0.1) is 13.8 Å². The Hall–Kier alpha value is -4.26. The van der Waals surface area contributed by atoms with E-state index in [2.05, 4.69) is 15.8 Å². The number of hydrogen-bond donors (Lipinski definition) is 2. The Balaban J connectivity index is 1.52. The Bertz CT molecular complexity index is 1140. The third kappa shape index (κ3) is 6.11. The molecule has 7 nitrogen and oxygen atoms in total.